The van der Waals surface area contributed by atoms with Gasteiger partial charge in [0.15, 0.2) is 0 Å². The lowest BCUT2D eigenvalue weighted by Crippen LogP contribution is -2.15. The highest BCUT2D eigenvalue weighted by Crippen LogP contribution is 2.20. The predicted octanol–water partition coefficient (Wildman–Crippen LogP) is 3.79. The van der Waals surface area contributed by atoms with Crippen molar-refractivity contribution in [2.45, 2.75) is 6.92 Å². The van der Waals surface area contributed by atoms with Crippen LogP contribution in [0.25, 0.3) is 23.3 Å². The predicted molar refractivity (Wildman–Crippen MR) is 95.1 cm³/mol. The number of aromatic nitrogens is 2. The van der Waals surface area contributed by atoms with Crippen LogP contribution in [-0.4, -0.2) is 10.2 Å². The Balaban J connectivity index is 1.86. The molecule has 116 valence electrons. The number of nitrogens with one attached hydrogen (secondary N) is 1. The Hall–Kier alpha value is -3.45. The summed E-state index contributed by atoms with van der Waals surface area (Å²) in [5, 5.41) is 15.4. The Morgan fingerprint density at radius 3 is 2.33 bits per heavy atom. The molecule has 0 unspecified atom stereocenters. The van der Waals surface area contributed by atoms with Gasteiger partial charge in [0.05, 0.1) is 5.69 Å². The van der Waals surface area contributed by atoms with Gasteiger partial charge in [-0.2, -0.15) is 10.4 Å². The van der Waals surface area contributed by atoms with Gasteiger partial charge < -0.3 is 0 Å². The first-order chi connectivity index (χ1) is 11.7. The summed E-state index contributed by atoms with van der Waals surface area (Å²) in [5.74, 6) is 0. The van der Waals surface area contributed by atoms with Crippen molar-refractivity contribution in [2.75, 3.05) is 0 Å². The van der Waals surface area contributed by atoms with Gasteiger partial charge in [-0.3, -0.25) is 4.79 Å². The van der Waals surface area contributed by atoms with E-state index in [0.29, 0.717) is 11.3 Å². The molecule has 4 heteroatoms. The van der Waals surface area contributed by atoms with E-state index in [1.54, 1.807) is 13.0 Å². The summed E-state index contributed by atoms with van der Waals surface area (Å²) in [5.41, 5.74) is 4.14. The van der Waals surface area contributed by atoms with Crippen molar-refractivity contribution >= 4 is 12.2 Å². The molecule has 0 bridgehead atoms. The summed E-state index contributed by atoms with van der Waals surface area (Å²) >= 11 is 0. The number of benzene rings is 2. The number of H-pyrrole nitrogens is 1. The lowest BCUT2D eigenvalue weighted by molar-refractivity contribution is 0.952. The normalized spacial score (nSPS) is 10.7. The van der Waals surface area contributed by atoms with Crippen molar-refractivity contribution in [3.8, 4) is 17.2 Å². The number of rotatable bonds is 3. The van der Waals surface area contributed by atoms with Crippen LogP contribution in [0.4, 0.5) is 0 Å². The second kappa shape index (κ2) is 6.76. The fraction of sp³-hybridized carbons (Fsp3) is 0.0500. The topological polar surface area (TPSA) is 69.5 Å². The molecule has 2 aromatic carbocycles. The van der Waals surface area contributed by atoms with Gasteiger partial charge in [-0.05, 0) is 35.3 Å². The summed E-state index contributed by atoms with van der Waals surface area (Å²) in [6.07, 6.45) is 3.70. The van der Waals surface area contributed by atoms with Crippen LogP contribution in [0.2, 0.25) is 0 Å². The molecule has 1 aromatic heterocycles. The average molecular weight is 313 g/mol. The monoisotopic (exact) mass is 313 g/mol. The van der Waals surface area contributed by atoms with Crippen LogP contribution in [-0.2, 0) is 0 Å². The first-order valence-electron chi connectivity index (χ1n) is 7.52. The second-order valence-corrected chi connectivity index (χ2v) is 5.37. The molecule has 0 radical (unpaired) electrons. The largest absolute Gasteiger partial charge is 0.282 e. The highest BCUT2D eigenvalue weighted by molar-refractivity contribution is 5.72. The molecule has 0 fully saturated rings. The Bertz CT molecular complexity index is 978. The van der Waals surface area contributed by atoms with Crippen molar-refractivity contribution in [1.82, 2.24) is 10.2 Å². The fourth-order valence-corrected chi connectivity index (χ4v) is 2.44. The lowest BCUT2D eigenvalue weighted by Gasteiger charge is -2.02. The Labute approximate surface area is 139 Å². The maximum atomic E-state index is 11.5. The summed E-state index contributed by atoms with van der Waals surface area (Å²) in [6, 6.07) is 20.2. The molecule has 0 aliphatic rings. The summed E-state index contributed by atoms with van der Waals surface area (Å²) in [7, 11) is 0. The van der Waals surface area contributed by atoms with Crippen molar-refractivity contribution in [3.05, 3.63) is 87.3 Å². The fourth-order valence-electron chi connectivity index (χ4n) is 2.44. The smallest absolute Gasteiger partial charge is 0.267 e. The van der Waals surface area contributed by atoms with Gasteiger partial charge in [0, 0.05) is 0 Å². The maximum absolute atomic E-state index is 11.5. The van der Waals surface area contributed by atoms with E-state index in [0.717, 1.165) is 11.1 Å². The van der Waals surface area contributed by atoms with E-state index >= 15 is 0 Å². The zero-order chi connectivity index (χ0) is 16.9. The molecule has 0 spiro atoms. The van der Waals surface area contributed by atoms with Crippen molar-refractivity contribution in [3.63, 3.8) is 0 Å². The second-order valence-electron chi connectivity index (χ2n) is 5.37. The van der Waals surface area contributed by atoms with E-state index in [1.165, 1.54) is 5.56 Å². The van der Waals surface area contributed by atoms with Gasteiger partial charge in [-0.1, -0.05) is 60.7 Å². The number of hydrogen-bond acceptors (Lipinski definition) is 3. The minimum atomic E-state index is -0.459. The third-order valence-corrected chi connectivity index (χ3v) is 3.83. The van der Waals surface area contributed by atoms with E-state index in [1.807, 2.05) is 42.5 Å². The van der Waals surface area contributed by atoms with Gasteiger partial charge in [-0.15, -0.1) is 0 Å². The molecule has 4 nitrogen and oxygen atoms in total. The first-order valence-corrected chi connectivity index (χ1v) is 7.52. The van der Waals surface area contributed by atoms with Crippen molar-refractivity contribution in [2.24, 2.45) is 0 Å². The Kier molecular flexibility index (Phi) is 4.35. The molecular formula is C20H15N3O. The molecule has 3 rings (SSSR count). The van der Waals surface area contributed by atoms with Crippen molar-refractivity contribution in [1.29, 1.82) is 5.26 Å². The Morgan fingerprint density at radius 1 is 1.00 bits per heavy atom. The number of nitriles is 1. The molecule has 1 heterocycles. The Morgan fingerprint density at radius 2 is 1.67 bits per heavy atom. The van der Waals surface area contributed by atoms with Gasteiger partial charge in [0.2, 0.25) is 0 Å². The molecule has 0 aliphatic carbocycles. The van der Waals surface area contributed by atoms with E-state index in [-0.39, 0.29) is 5.56 Å². The maximum Gasteiger partial charge on any atom is 0.282 e. The van der Waals surface area contributed by atoms with E-state index in [2.05, 4.69) is 34.5 Å². The highest BCUT2D eigenvalue weighted by Gasteiger charge is 2.07. The SMILES string of the molecule is Cc1c(/C=C/c2ccc(-c3ccccc3)cc2)n[nH]c(=O)c1C#N. The minimum absolute atomic E-state index is 0.101. The zero-order valence-corrected chi connectivity index (χ0v) is 13.2. The minimum Gasteiger partial charge on any atom is -0.267 e. The van der Waals surface area contributed by atoms with Crippen LogP contribution >= 0.6 is 0 Å². The lowest BCUT2D eigenvalue weighted by atomic mass is 10.0. The average Bonchev–Trinajstić information content (AvgIpc) is 2.63. The van der Waals surface area contributed by atoms with Crippen LogP contribution in [0.5, 0.6) is 0 Å². The highest BCUT2D eigenvalue weighted by atomic mass is 16.1. The van der Waals surface area contributed by atoms with E-state index < -0.39 is 5.56 Å². The molecule has 0 saturated heterocycles. The third-order valence-electron chi connectivity index (χ3n) is 3.83. The van der Waals surface area contributed by atoms with Crippen LogP contribution < -0.4 is 5.56 Å². The van der Waals surface area contributed by atoms with E-state index in [9.17, 15) is 4.79 Å². The summed E-state index contributed by atoms with van der Waals surface area (Å²) in [6.45, 7) is 1.72. The number of aromatic amines is 1. The zero-order valence-electron chi connectivity index (χ0n) is 13.2. The van der Waals surface area contributed by atoms with Crippen molar-refractivity contribution < 1.29 is 0 Å². The van der Waals surface area contributed by atoms with Gasteiger partial charge in [-0.25, -0.2) is 5.10 Å². The molecule has 0 saturated carbocycles. The third kappa shape index (κ3) is 3.16. The molecule has 0 aliphatic heterocycles. The van der Waals surface area contributed by atoms with Crippen LogP contribution in [0.3, 0.4) is 0 Å². The summed E-state index contributed by atoms with van der Waals surface area (Å²) in [4.78, 5) is 11.5. The quantitative estimate of drug-likeness (QED) is 0.800. The van der Waals surface area contributed by atoms with Gasteiger partial charge in [0.1, 0.15) is 11.6 Å². The molecular weight excluding hydrogens is 298 g/mol. The molecule has 24 heavy (non-hydrogen) atoms. The standard InChI is InChI=1S/C20H15N3O/c1-14-18(13-21)20(24)23-22-19(14)12-9-15-7-10-17(11-8-15)16-5-3-2-4-6-16/h2-12H,1H3,(H,23,24)/b12-9+. The molecule has 0 amide bonds. The van der Waals surface area contributed by atoms with Crippen LogP contribution in [0.1, 0.15) is 22.4 Å². The molecule has 0 atom stereocenters. The van der Waals surface area contributed by atoms with Gasteiger partial charge >= 0.3 is 0 Å². The molecule has 1 N–H and O–H groups in total. The first kappa shape index (κ1) is 15.4. The van der Waals surface area contributed by atoms with Gasteiger partial charge in [0.25, 0.3) is 5.56 Å². The summed E-state index contributed by atoms with van der Waals surface area (Å²) < 4.78 is 0. The van der Waals surface area contributed by atoms with Crippen LogP contribution in [0, 0.1) is 18.3 Å². The molecule has 3 aromatic rings. The number of hydrogen-bond donors (Lipinski definition) is 1. The van der Waals surface area contributed by atoms with E-state index in [4.69, 9.17) is 5.26 Å². The van der Waals surface area contributed by atoms with Crippen LogP contribution in [0.15, 0.2) is 59.4 Å². The number of nitrogens with zero attached hydrogens (tertiary/aromatic N) is 2.